The first-order valence-electron chi connectivity index (χ1n) is 5.27. The number of nitrogens with two attached hydrogens (primary N) is 1. The van der Waals surface area contributed by atoms with E-state index in [0.717, 1.165) is 32.7 Å². The Hall–Kier alpha value is -0.560. The van der Waals surface area contributed by atoms with Gasteiger partial charge in [0.2, 0.25) is 0 Å². The van der Waals surface area contributed by atoms with E-state index >= 15 is 0 Å². The van der Waals surface area contributed by atoms with E-state index in [2.05, 4.69) is 17.7 Å². The van der Waals surface area contributed by atoms with Gasteiger partial charge in [0.05, 0.1) is 19.8 Å². The lowest BCUT2D eigenvalue weighted by Crippen LogP contribution is -2.39. The van der Waals surface area contributed by atoms with E-state index in [1.54, 1.807) is 0 Å². The minimum Gasteiger partial charge on any atom is -0.379 e. The molecule has 1 heterocycles. The molecular weight excluding hydrogens is 176 g/mol. The van der Waals surface area contributed by atoms with Crippen molar-refractivity contribution in [3.05, 3.63) is 0 Å². The van der Waals surface area contributed by atoms with Gasteiger partial charge in [0.1, 0.15) is 0 Å². The number of hydrogen-bond donors (Lipinski definition) is 1. The van der Waals surface area contributed by atoms with E-state index in [0.29, 0.717) is 12.5 Å². The average molecular weight is 196 g/mol. The third-order valence-electron chi connectivity index (χ3n) is 2.60. The molecule has 0 aromatic carbocycles. The molecule has 80 valence electrons. The molecule has 0 aromatic rings. The van der Waals surface area contributed by atoms with E-state index in [1.807, 2.05) is 0 Å². The molecule has 2 unspecified atom stereocenters. The number of rotatable bonds is 5. The highest BCUT2D eigenvalue weighted by Gasteiger charge is 2.26. The fraction of sp³-hybridized carbons (Fsp3) is 0.818. The first-order chi connectivity index (χ1) is 6.77. The Balaban J connectivity index is 2.34. The molecule has 3 nitrogen and oxygen atoms in total. The molecule has 0 radical (unpaired) electrons. The average Bonchev–Trinajstić information content (AvgIpc) is 2.53. The topological polar surface area (TPSA) is 38.5 Å². The molecule has 1 aliphatic rings. The van der Waals surface area contributed by atoms with Crippen LogP contribution in [0.2, 0.25) is 0 Å². The van der Waals surface area contributed by atoms with Gasteiger partial charge in [0.15, 0.2) is 0 Å². The van der Waals surface area contributed by atoms with Crippen LogP contribution in [0.4, 0.5) is 0 Å². The predicted octanol–water partition coefficient (Wildman–Crippen LogP) is 0.305. The van der Waals surface area contributed by atoms with E-state index in [1.165, 1.54) is 0 Å². The summed E-state index contributed by atoms with van der Waals surface area (Å²) in [5.41, 5.74) is 5.92. The van der Waals surface area contributed by atoms with Crippen LogP contribution < -0.4 is 5.73 Å². The van der Waals surface area contributed by atoms with Gasteiger partial charge >= 0.3 is 0 Å². The van der Waals surface area contributed by atoms with E-state index < -0.39 is 0 Å². The molecule has 14 heavy (non-hydrogen) atoms. The standard InChI is InChI=1S/C11H20N2O/c1-3-5-13(6-4-2)7-10-8-14-9-11(10)12/h1,10-11H,4-9,12H2,2H3. The van der Waals surface area contributed by atoms with Crippen molar-refractivity contribution >= 4 is 0 Å². The lowest BCUT2D eigenvalue weighted by molar-refractivity contribution is 0.171. The highest BCUT2D eigenvalue weighted by molar-refractivity contribution is 4.90. The normalized spacial score (nSPS) is 26.7. The second-order valence-corrected chi connectivity index (χ2v) is 3.90. The zero-order valence-electron chi connectivity index (χ0n) is 8.91. The fourth-order valence-electron chi connectivity index (χ4n) is 1.82. The van der Waals surface area contributed by atoms with Crippen molar-refractivity contribution in [2.45, 2.75) is 19.4 Å². The van der Waals surface area contributed by atoms with Crippen molar-refractivity contribution in [2.75, 3.05) is 32.8 Å². The number of ether oxygens (including phenoxy) is 1. The summed E-state index contributed by atoms with van der Waals surface area (Å²) >= 11 is 0. The third-order valence-corrected chi connectivity index (χ3v) is 2.60. The summed E-state index contributed by atoms with van der Waals surface area (Å²) in [6.07, 6.45) is 6.44. The summed E-state index contributed by atoms with van der Waals surface area (Å²) in [7, 11) is 0. The molecule has 1 fully saturated rings. The van der Waals surface area contributed by atoms with Crippen LogP contribution in [0.15, 0.2) is 0 Å². The molecule has 0 aliphatic carbocycles. The molecule has 0 bridgehead atoms. The van der Waals surface area contributed by atoms with Gasteiger partial charge in [-0.25, -0.2) is 0 Å². The van der Waals surface area contributed by atoms with E-state index in [9.17, 15) is 0 Å². The van der Waals surface area contributed by atoms with Gasteiger partial charge in [-0.2, -0.15) is 0 Å². The first-order valence-corrected chi connectivity index (χ1v) is 5.27. The van der Waals surface area contributed by atoms with Crippen LogP contribution in [0.1, 0.15) is 13.3 Å². The Morgan fingerprint density at radius 1 is 1.57 bits per heavy atom. The molecule has 1 rings (SSSR count). The smallest absolute Gasteiger partial charge is 0.0621 e. The number of terminal acetylenes is 1. The maximum Gasteiger partial charge on any atom is 0.0621 e. The van der Waals surface area contributed by atoms with Gasteiger partial charge in [0, 0.05) is 18.5 Å². The molecular formula is C11H20N2O. The van der Waals surface area contributed by atoms with Crippen molar-refractivity contribution in [1.82, 2.24) is 4.90 Å². The fourth-order valence-corrected chi connectivity index (χ4v) is 1.82. The van der Waals surface area contributed by atoms with Crippen LogP contribution in [-0.4, -0.2) is 43.8 Å². The van der Waals surface area contributed by atoms with Crippen LogP contribution in [0, 0.1) is 18.3 Å². The zero-order chi connectivity index (χ0) is 10.4. The Bertz CT molecular complexity index is 200. The second kappa shape index (κ2) is 6.02. The van der Waals surface area contributed by atoms with Gasteiger partial charge < -0.3 is 10.5 Å². The van der Waals surface area contributed by atoms with E-state index in [-0.39, 0.29) is 6.04 Å². The van der Waals surface area contributed by atoms with Gasteiger partial charge in [-0.3, -0.25) is 4.90 Å². The Morgan fingerprint density at radius 3 is 2.86 bits per heavy atom. The van der Waals surface area contributed by atoms with Crippen LogP contribution in [0.3, 0.4) is 0 Å². The number of hydrogen-bond acceptors (Lipinski definition) is 3. The van der Waals surface area contributed by atoms with Gasteiger partial charge in [0.25, 0.3) is 0 Å². The van der Waals surface area contributed by atoms with Crippen molar-refractivity contribution in [3.63, 3.8) is 0 Å². The zero-order valence-corrected chi connectivity index (χ0v) is 8.91. The molecule has 0 aromatic heterocycles. The number of nitrogens with zero attached hydrogens (tertiary/aromatic N) is 1. The Morgan fingerprint density at radius 2 is 2.36 bits per heavy atom. The van der Waals surface area contributed by atoms with Crippen LogP contribution >= 0.6 is 0 Å². The van der Waals surface area contributed by atoms with Crippen LogP contribution in [0.25, 0.3) is 0 Å². The highest BCUT2D eigenvalue weighted by Crippen LogP contribution is 2.13. The summed E-state index contributed by atoms with van der Waals surface area (Å²) < 4.78 is 5.32. The van der Waals surface area contributed by atoms with Crippen molar-refractivity contribution in [2.24, 2.45) is 11.7 Å². The van der Waals surface area contributed by atoms with Crippen molar-refractivity contribution in [3.8, 4) is 12.3 Å². The second-order valence-electron chi connectivity index (χ2n) is 3.90. The summed E-state index contributed by atoms with van der Waals surface area (Å²) in [5, 5.41) is 0. The largest absolute Gasteiger partial charge is 0.379 e. The van der Waals surface area contributed by atoms with Crippen molar-refractivity contribution in [1.29, 1.82) is 0 Å². The summed E-state index contributed by atoms with van der Waals surface area (Å²) in [4.78, 5) is 2.28. The molecule has 3 heteroatoms. The molecule has 2 atom stereocenters. The molecule has 1 saturated heterocycles. The SMILES string of the molecule is C#CCN(CCC)CC1COCC1N. The predicted molar refractivity (Wildman–Crippen MR) is 57.8 cm³/mol. The third kappa shape index (κ3) is 3.30. The first kappa shape index (κ1) is 11.5. The van der Waals surface area contributed by atoms with Gasteiger partial charge in [-0.05, 0) is 13.0 Å². The highest BCUT2D eigenvalue weighted by atomic mass is 16.5. The van der Waals surface area contributed by atoms with Crippen LogP contribution in [0.5, 0.6) is 0 Å². The summed E-state index contributed by atoms with van der Waals surface area (Å²) in [6, 6.07) is 0.187. The van der Waals surface area contributed by atoms with Crippen molar-refractivity contribution < 1.29 is 4.74 Å². The van der Waals surface area contributed by atoms with Gasteiger partial charge in [-0.15, -0.1) is 6.42 Å². The monoisotopic (exact) mass is 196 g/mol. The van der Waals surface area contributed by atoms with E-state index in [4.69, 9.17) is 16.9 Å². The lowest BCUT2D eigenvalue weighted by Gasteiger charge is -2.24. The summed E-state index contributed by atoms with van der Waals surface area (Å²) in [6.45, 7) is 6.38. The Labute approximate surface area is 86.6 Å². The Kier molecular flexibility index (Phi) is 4.95. The lowest BCUT2D eigenvalue weighted by atomic mass is 10.0. The maximum atomic E-state index is 5.92. The molecule has 0 saturated carbocycles. The van der Waals surface area contributed by atoms with Crippen LogP contribution in [-0.2, 0) is 4.74 Å². The minimum atomic E-state index is 0.187. The quantitative estimate of drug-likeness (QED) is 0.643. The summed E-state index contributed by atoms with van der Waals surface area (Å²) in [5.74, 6) is 3.14. The molecule has 0 amide bonds. The minimum absolute atomic E-state index is 0.187. The maximum absolute atomic E-state index is 5.92. The molecule has 2 N–H and O–H groups in total. The molecule has 0 spiro atoms. The van der Waals surface area contributed by atoms with Gasteiger partial charge in [-0.1, -0.05) is 12.8 Å². The molecule has 1 aliphatic heterocycles.